The van der Waals surface area contributed by atoms with E-state index in [9.17, 15) is 0 Å². The summed E-state index contributed by atoms with van der Waals surface area (Å²) in [5.41, 5.74) is 0.796. The van der Waals surface area contributed by atoms with Crippen LogP contribution in [0.1, 0.15) is 75.2 Å². The summed E-state index contributed by atoms with van der Waals surface area (Å²) >= 11 is 0. The van der Waals surface area contributed by atoms with Gasteiger partial charge >= 0.3 is 0 Å². The summed E-state index contributed by atoms with van der Waals surface area (Å²) in [6, 6.07) is 0. The lowest BCUT2D eigenvalue weighted by Crippen LogP contribution is -2.22. The quantitative estimate of drug-likeness (QED) is 0.602. The molecule has 1 heteroatoms. The third kappa shape index (κ3) is 12.0. The second kappa shape index (κ2) is 7.32. The summed E-state index contributed by atoms with van der Waals surface area (Å²) < 4.78 is 5.69. The smallest absolute Gasteiger partial charge is 0.0520 e. The van der Waals surface area contributed by atoms with Gasteiger partial charge in [0.05, 0.1) is 12.7 Å². The van der Waals surface area contributed by atoms with E-state index < -0.39 is 0 Å². The van der Waals surface area contributed by atoms with Crippen molar-refractivity contribution in [1.82, 2.24) is 0 Å². The van der Waals surface area contributed by atoms with Gasteiger partial charge in [-0.15, -0.1) is 0 Å². The van der Waals surface area contributed by atoms with Gasteiger partial charge in [-0.2, -0.15) is 0 Å². The molecular weight excluding hydrogens is 196 g/mol. The van der Waals surface area contributed by atoms with Crippen molar-refractivity contribution in [3.63, 3.8) is 0 Å². The molecule has 0 rings (SSSR count). The van der Waals surface area contributed by atoms with E-state index in [0.29, 0.717) is 16.9 Å². The van der Waals surface area contributed by atoms with Crippen LogP contribution in [0.5, 0.6) is 0 Å². The molecule has 0 aliphatic rings. The fourth-order valence-corrected chi connectivity index (χ4v) is 1.56. The molecule has 0 amide bonds. The second-order valence-corrected chi connectivity index (χ2v) is 6.94. The first kappa shape index (κ1) is 18.3. The van der Waals surface area contributed by atoms with Gasteiger partial charge < -0.3 is 4.74 Å². The average molecular weight is 230 g/mol. The molecule has 0 aliphatic carbocycles. The maximum absolute atomic E-state index is 5.69. The van der Waals surface area contributed by atoms with Crippen LogP contribution in [0.3, 0.4) is 0 Å². The predicted molar refractivity (Wildman–Crippen MR) is 74.9 cm³/mol. The van der Waals surface area contributed by atoms with Crippen molar-refractivity contribution in [2.75, 3.05) is 6.61 Å². The molecule has 0 aromatic carbocycles. The van der Waals surface area contributed by atoms with Gasteiger partial charge in [0, 0.05) is 0 Å². The Bertz CT molecular complexity index is 163. The van der Waals surface area contributed by atoms with Crippen LogP contribution in [0.4, 0.5) is 0 Å². The van der Waals surface area contributed by atoms with Crippen LogP contribution < -0.4 is 0 Å². The molecular formula is C15H34O. The standard InChI is InChI=1S/C14H30O.CH4/c1-12(2)15-11-14(6,7)10-8-9-13(3,4)5;/h12H,8-11H2,1-7H3;1H4. The van der Waals surface area contributed by atoms with Crippen LogP contribution >= 0.6 is 0 Å². The molecule has 1 nitrogen and oxygen atoms in total. The van der Waals surface area contributed by atoms with E-state index in [4.69, 9.17) is 4.74 Å². The zero-order chi connectivity index (χ0) is 12.1. The SMILES string of the molecule is C.CC(C)OCC(C)(C)CCCC(C)(C)C. The first-order chi connectivity index (χ1) is 6.62. The van der Waals surface area contributed by atoms with Crippen molar-refractivity contribution in [2.45, 2.75) is 81.3 Å². The highest BCUT2D eigenvalue weighted by Gasteiger charge is 2.20. The Balaban J connectivity index is 0. The van der Waals surface area contributed by atoms with Crippen molar-refractivity contribution < 1.29 is 4.74 Å². The topological polar surface area (TPSA) is 9.23 Å². The van der Waals surface area contributed by atoms with Gasteiger partial charge in [-0.05, 0) is 37.5 Å². The number of ether oxygens (including phenoxy) is 1. The molecule has 100 valence electrons. The highest BCUT2D eigenvalue weighted by molar-refractivity contribution is 4.70. The summed E-state index contributed by atoms with van der Waals surface area (Å²) in [5, 5.41) is 0. The fourth-order valence-electron chi connectivity index (χ4n) is 1.56. The highest BCUT2D eigenvalue weighted by Crippen LogP contribution is 2.28. The monoisotopic (exact) mass is 230 g/mol. The fraction of sp³-hybridized carbons (Fsp3) is 1.00. The minimum Gasteiger partial charge on any atom is -0.378 e. The van der Waals surface area contributed by atoms with Crippen molar-refractivity contribution in [2.24, 2.45) is 10.8 Å². The van der Waals surface area contributed by atoms with E-state index in [-0.39, 0.29) is 7.43 Å². The minimum absolute atomic E-state index is 0. The second-order valence-electron chi connectivity index (χ2n) is 6.94. The molecule has 0 atom stereocenters. The molecule has 16 heavy (non-hydrogen) atoms. The molecule has 0 aromatic rings. The summed E-state index contributed by atoms with van der Waals surface area (Å²) in [4.78, 5) is 0. The molecule has 0 fully saturated rings. The van der Waals surface area contributed by atoms with Crippen molar-refractivity contribution >= 4 is 0 Å². The molecule has 0 saturated carbocycles. The number of hydrogen-bond donors (Lipinski definition) is 0. The first-order valence-electron chi connectivity index (χ1n) is 6.24. The summed E-state index contributed by atoms with van der Waals surface area (Å²) in [7, 11) is 0. The number of hydrogen-bond acceptors (Lipinski definition) is 1. The van der Waals surface area contributed by atoms with E-state index in [1.807, 2.05) is 0 Å². The van der Waals surface area contributed by atoms with Crippen LogP contribution in [-0.4, -0.2) is 12.7 Å². The van der Waals surface area contributed by atoms with Gasteiger partial charge in [0.2, 0.25) is 0 Å². The van der Waals surface area contributed by atoms with Crippen molar-refractivity contribution in [3.05, 3.63) is 0 Å². The predicted octanol–water partition coefficient (Wildman–Crippen LogP) is 5.29. The lowest BCUT2D eigenvalue weighted by Gasteiger charge is -2.27. The van der Waals surface area contributed by atoms with Gasteiger partial charge in [-0.3, -0.25) is 0 Å². The molecule has 0 N–H and O–H groups in total. The molecule has 0 unspecified atom stereocenters. The van der Waals surface area contributed by atoms with E-state index in [2.05, 4.69) is 48.5 Å². The maximum Gasteiger partial charge on any atom is 0.0520 e. The third-order valence-electron chi connectivity index (χ3n) is 2.59. The number of rotatable bonds is 6. The van der Waals surface area contributed by atoms with E-state index >= 15 is 0 Å². The van der Waals surface area contributed by atoms with Crippen LogP contribution in [0.25, 0.3) is 0 Å². The molecule has 0 aliphatic heterocycles. The normalized spacial score (nSPS) is 12.8. The third-order valence-corrected chi connectivity index (χ3v) is 2.59. The van der Waals surface area contributed by atoms with Crippen LogP contribution in [0.15, 0.2) is 0 Å². The van der Waals surface area contributed by atoms with E-state index in [1.54, 1.807) is 0 Å². The Hall–Kier alpha value is -0.0400. The molecule has 0 bridgehead atoms. The van der Waals surface area contributed by atoms with Gasteiger partial charge in [0.15, 0.2) is 0 Å². The first-order valence-corrected chi connectivity index (χ1v) is 6.24. The zero-order valence-electron chi connectivity index (χ0n) is 11.8. The van der Waals surface area contributed by atoms with Gasteiger partial charge in [0.25, 0.3) is 0 Å². The Morgan fingerprint density at radius 1 is 0.938 bits per heavy atom. The van der Waals surface area contributed by atoms with Crippen LogP contribution in [0.2, 0.25) is 0 Å². The molecule has 0 saturated heterocycles. The summed E-state index contributed by atoms with van der Waals surface area (Å²) in [6.07, 6.45) is 4.22. The van der Waals surface area contributed by atoms with E-state index in [0.717, 1.165) is 6.61 Å². The van der Waals surface area contributed by atoms with Crippen LogP contribution in [0, 0.1) is 10.8 Å². The lowest BCUT2D eigenvalue weighted by atomic mass is 9.83. The minimum atomic E-state index is 0. The highest BCUT2D eigenvalue weighted by atomic mass is 16.5. The largest absolute Gasteiger partial charge is 0.378 e. The summed E-state index contributed by atoms with van der Waals surface area (Å²) in [5.74, 6) is 0. The van der Waals surface area contributed by atoms with Gasteiger partial charge in [-0.25, -0.2) is 0 Å². The Labute approximate surface area is 104 Å². The van der Waals surface area contributed by atoms with Crippen molar-refractivity contribution in [1.29, 1.82) is 0 Å². The Morgan fingerprint density at radius 2 is 1.44 bits per heavy atom. The maximum atomic E-state index is 5.69. The molecule has 0 radical (unpaired) electrons. The summed E-state index contributed by atoms with van der Waals surface area (Å²) in [6.45, 7) is 16.6. The lowest BCUT2D eigenvalue weighted by molar-refractivity contribution is 0.0164. The van der Waals surface area contributed by atoms with Crippen LogP contribution in [-0.2, 0) is 4.74 Å². The average Bonchev–Trinajstić information content (AvgIpc) is 1.98. The van der Waals surface area contributed by atoms with Gasteiger partial charge in [-0.1, -0.05) is 48.5 Å². The molecule has 0 spiro atoms. The molecule has 0 aromatic heterocycles. The Kier molecular flexibility index (Phi) is 8.38. The zero-order valence-corrected chi connectivity index (χ0v) is 11.8. The van der Waals surface area contributed by atoms with Crippen molar-refractivity contribution in [3.8, 4) is 0 Å². The Morgan fingerprint density at radius 3 is 1.81 bits per heavy atom. The van der Waals surface area contributed by atoms with E-state index in [1.165, 1.54) is 19.3 Å². The van der Waals surface area contributed by atoms with Gasteiger partial charge in [0.1, 0.15) is 0 Å². The molecule has 0 heterocycles.